The van der Waals surface area contributed by atoms with Gasteiger partial charge in [-0.1, -0.05) is 53.8 Å². The lowest BCUT2D eigenvalue weighted by molar-refractivity contribution is -0.118. The number of hydrogen-bond donors (Lipinski definition) is 1. The van der Waals surface area contributed by atoms with Gasteiger partial charge in [0, 0.05) is 12.5 Å². The zero-order valence-corrected chi connectivity index (χ0v) is 16.8. The maximum atomic E-state index is 12.4. The molecular weight excluding hydrogens is 392 g/mol. The molecule has 0 unspecified atom stereocenters. The number of para-hydroxylation sites is 1. The first-order chi connectivity index (χ1) is 12.5. The number of hydrogen-bond acceptors (Lipinski definition) is 6. The Balaban J connectivity index is 1.63. The van der Waals surface area contributed by atoms with Crippen LogP contribution in [0.3, 0.4) is 0 Å². The molecule has 1 aliphatic carbocycles. The predicted molar refractivity (Wildman–Crippen MR) is 106 cm³/mol. The monoisotopic (exact) mass is 410 g/mol. The van der Waals surface area contributed by atoms with E-state index in [4.69, 9.17) is 11.6 Å². The molecule has 3 rings (SSSR count). The van der Waals surface area contributed by atoms with Gasteiger partial charge in [0.2, 0.25) is 16.9 Å². The molecule has 0 saturated heterocycles. The number of aromatic nitrogens is 2. The molecule has 26 heavy (non-hydrogen) atoms. The van der Waals surface area contributed by atoms with Crippen LogP contribution in [0.1, 0.15) is 33.1 Å². The summed E-state index contributed by atoms with van der Waals surface area (Å²) in [6.45, 7) is 3.64. The van der Waals surface area contributed by atoms with Crippen molar-refractivity contribution in [1.82, 2.24) is 10.2 Å². The second-order valence-electron chi connectivity index (χ2n) is 5.93. The average Bonchev–Trinajstić information content (AvgIpc) is 3.36. The first-order valence-corrected chi connectivity index (χ1v) is 10.4. The summed E-state index contributed by atoms with van der Waals surface area (Å²) in [6.07, 6.45) is 2.45. The van der Waals surface area contributed by atoms with Gasteiger partial charge < -0.3 is 5.32 Å². The highest BCUT2D eigenvalue weighted by Crippen LogP contribution is 2.37. The number of anilines is 2. The third-order valence-corrected chi connectivity index (χ3v) is 6.30. The summed E-state index contributed by atoms with van der Waals surface area (Å²) in [7, 11) is 0. The fraction of sp³-hybridized carbons (Fsp3) is 0.412. The second-order valence-corrected chi connectivity index (χ2v) is 8.88. The van der Waals surface area contributed by atoms with Gasteiger partial charge in [0.05, 0.1) is 16.0 Å². The zero-order valence-electron chi connectivity index (χ0n) is 14.4. The largest absolute Gasteiger partial charge is 0.324 e. The van der Waals surface area contributed by atoms with Crippen LogP contribution in [0, 0.1) is 0 Å². The number of carbonyl (C=O) groups excluding carboxylic acids is 2. The maximum absolute atomic E-state index is 12.4. The molecule has 0 spiro atoms. The minimum Gasteiger partial charge on any atom is -0.324 e. The van der Waals surface area contributed by atoms with Crippen molar-refractivity contribution >= 4 is 57.3 Å². The highest BCUT2D eigenvalue weighted by molar-refractivity contribution is 8.02. The van der Waals surface area contributed by atoms with Gasteiger partial charge in [0.1, 0.15) is 0 Å². The number of benzene rings is 1. The molecule has 9 heteroatoms. The van der Waals surface area contributed by atoms with E-state index < -0.39 is 0 Å². The van der Waals surface area contributed by atoms with Crippen molar-refractivity contribution < 1.29 is 9.59 Å². The van der Waals surface area contributed by atoms with E-state index in [2.05, 4.69) is 15.5 Å². The van der Waals surface area contributed by atoms with Gasteiger partial charge >= 0.3 is 0 Å². The van der Waals surface area contributed by atoms with Gasteiger partial charge in [0.15, 0.2) is 4.34 Å². The van der Waals surface area contributed by atoms with Crippen LogP contribution >= 0.6 is 34.7 Å². The van der Waals surface area contributed by atoms with Crippen LogP contribution in [0.4, 0.5) is 10.8 Å². The highest BCUT2D eigenvalue weighted by atomic mass is 35.5. The fourth-order valence-electron chi connectivity index (χ4n) is 2.32. The summed E-state index contributed by atoms with van der Waals surface area (Å²) < 4.78 is 0.663. The maximum Gasteiger partial charge on any atom is 0.237 e. The number of carbonyl (C=O) groups is 2. The van der Waals surface area contributed by atoms with Crippen LogP contribution in [-0.4, -0.2) is 33.3 Å². The Labute approximate surface area is 165 Å². The van der Waals surface area contributed by atoms with E-state index >= 15 is 0 Å². The molecule has 2 amide bonds. The van der Waals surface area contributed by atoms with Gasteiger partial charge in [-0.05, 0) is 31.9 Å². The lowest BCUT2D eigenvalue weighted by Crippen LogP contribution is -2.32. The molecule has 6 nitrogen and oxygen atoms in total. The summed E-state index contributed by atoms with van der Waals surface area (Å²) in [5.41, 5.74) is 0.582. The molecule has 0 bridgehead atoms. The normalized spacial score (nSPS) is 14.7. The van der Waals surface area contributed by atoms with Crippen LogP contribution in [0.5, 0.6) is 0 Å². The Hall–Kier alpha value is -1.64. The third kappa shape index (κ3) is 4.55. The molecule has 138 valence electrons. The smallest absolute Gasteiger partial charge is 0.237 e. The quantitative estimate of drug-likeness (QED) is 0.546. The van der Waals surface area contributed by atoms with Crippen molar-refractivity contribution in [3.63, 3.8) is 0 Å². The summed E-state index contributed by atoms with van der Waals surface area (Å²) in [4.78, 5) is 26.3. The van der Waals surface area contributed by atoms with Crippen LogP contribution in [0.15, 0.2) is 28.6 Å². The number of nitrogens with one attached hydrogen (secondary N) is 1. The van der Waals surface area contributed by atoms with Crippen LogP contribution in [0.25, 0.3) is 0 Å². The first-order valence-electron chi connectivity index (χ1n) is 8.37. The molecule has 1 aliphatic rings. The molecule has 1 aromatic carbocycles. The Morgan fingerprint density at radius 2 is 2.12 bits per heavy atom. The number of rotatable bonds is 7. The third-order valence-electron chi connectivity index (χ3n) is 3.86. The average molecular weight is 411 g/mol. The van der Waals surface area contributed by atoms with Gasteiger partial charge in [-0.25, -0.2) is 0 Å². The van der Waals surface area contributed by atoms with Crippen LogP contribution in [-0.2, 0) is 9.59 Å². The first kappa shape index (κ1) is 19.1. The molecule has 1 heterocycles. The van der Waals surface area contributed by atoms with Crippen molar-refractivity contribution in [3.8, 4) is 0 Å². The number of halogens is 1. The minimum absolute atomic E-state index is 0.0599. The van der Waals surface area contributed by atoms with E-state index in [9.17, 15) is 9.59 Å². The predicted octanol–water partition coefficient (Wildman–Crippen LogP) is 4.22. The van der Waals surface area contributed by atoms with Gasteiger partial charge in [-0.2, -0.15) is 0 Å². The summed E-state index contributed by atoms with van der Waals surface area (Å²) in [5, 5.41) is 11.8. The minimum atomic E-state index is -0.372. The lowest BCUT2D eigenvalue weighted by Gasteiger charge is -2.17. The summed E-state index contributed by atoms with van der Waals surface area (Å²) >= 11 is 8.74. The van der Waals surface area contributed by atoms with Gasteiger partial charge in [-0.15, -0.1) is 10.2 Å². The highest BCUT2D eigenvalue weighted by Gasteiger charge is 2.35. The van der Waals surface area contributed by atoms with E-state index in [-0.39, 0.29) is 23.1 Å². The van der Waals surface area contributed by atoms with Crippen LogP contribution in [0.2, 0.25) is 5.02 Å². The molecule has 1 N–H and O–H groups in total. The van der Waals surface area contributed by atoms with Crippen molar-refractivity contribution in [2.75, 3.05) is 10.2 Å². The van der Waals surface area contributed by atoms with E-state index in [1.807, 2.05) is 19.1 Å². The molecule has 1 atom stereocenters. The standard InChI is InChI=1S/C17H19ClN4O2S2/c1-3-14(23)22(11-8-9-11)16-20-21-17(26-16)25-10(2)15(24)19-13-7-5-4-6-12(13)18/h4-7,10-11H,3,8-9H2,1-2H3,(H,19,24)/t10-/m1/s1. The molecule has 1 aromatic heterocycles. The second kappa shape index (κ2) is 8.37. The van der Waals surface area contributed by atoms with Gasteiger partial charge in [0.25, 0.3) is 0 Å². The lowest BCUT2D eigenvalue weighted by atomic mass is 10.3. The molecule has 1 saturated carbocycles. The SMILES string of the molecule is CCC(=O)N(c1nnc(S[C@H](C)C(=O)Nc2ccccc2Cl)s1)C1CC1. The fourth-order valence-corrected chi connectivity index (χ4v) is 4.58. The molecular formula is C17H19ClN4O2S2. The van der Waals surface area contributed by atoms with E-state index in [0.29, 0.717) is 26.6 Å². The van der Waals surface area contributed by atoms with E-state index in [1.165, 1.54) is 23.1 Å². The van der Waals surface area contributed by atoms with Crippen molar-refractivity contribution in [1.29, 1.82) is 0 Å². The Morgan fingerprint density at radius 3 is 2.77 bits per heavy atom. The molecule has 2 aromatic rings. The summed E-state index contributed by atoms with van der Waals surface area (Å²) in [5.74, 6) is -0.103. The van der Waals surface area contributed by atoms with Gasteiger partial charge in [-0.3, -0.25) is 14.5 Å². The molecule has 0 aliphatic heterocycles. The number of thioether (sulfide) groups is 1. The van der Waals surface area contributed by atoms with E-state index in [1.54, 1.807) is 24.0 Å². The van der Waals surface area contributed by atoms with Crippen molar-refractivity contribution in [2.45, 2.75) is 48.7 Å². The van der Waals surface area contributed by atoms with Crippen molar-refractivity contribution in [3.05, 3.63) is 29.3 Å². The molecule has 0 radical (unpaired) electrons. The summed E-state index contributed by atoms with van der Waals surface area (Å²) in [6, 6.07) is 7.35. The van der Waals surface area contributed by atoms with Crippen LogP contribution < -0.4 is 10.2 Å². The Morgan fingerprint density at radius 1 is 1.38 bits per heavy atom. The number of nitrogens with zero attached hydrogens (tertiary/aromatic N) is 3. The zero-order chi connectivity index (χ0) is 18.7. The molecule has 1 fully saturated rings. The Kier molecular flexibility index (Phi) is 6.16. The number of amides is 2. The van der Waals surface area contributed by atoms with E-state index in [0.717, 1.165) is 12.8 Å². The topological polar surface area (TPSA) is 75.2 Å². The van der Waals surface area contributed by atoms with Crippen molar-refractivity contribution in [2.24, 2.45) is 0 Å². The Bertz CT molecular complexity index is 810.